The van der Waals surface area contributed by atoms with E-state index in [-0.39, 0.29) is 0 Å². The largest absolute Gasteiger partial charge is 0.0617 e. The summed E-state index contributed by atoms with van der Waals surface area (Å²) in [5, 5.41) is 5.51. The average molecular weight is 821 g/mol. The van der Waals surface area contributed by atoms with Crippen LogP contribution in [0.1, 0.15) is 100 Å². The standard InChI is InChI=1S/C13H14.C12H12.C11H16.2C9H12.C8H10/c1-9-7-8-12-10(2)5-4-6-13(12)11(9)3;1-9-5-3-8-12-10(2)6-4-7-11(9)12;1-7-6-8(2)10(4)11(5)9(7)3;1-7-4-5-8(2)9(3)6-7;1-7-5-4-6-8(2)9(7)3;1-7-3-5-8(2)6-4-7/h4-8H,1-3H3;3-8H,1-2H3;6H,1-5H3;2*4-6H,1-3H3;3-6H,1-2H3. The molecule has 0 nitrogen and oxygen atoms in total. The highest BCUT2D eigenvalue weighted by Gasteiger charge is 2.03. The Bertz CT molecular complexity index is 2570. The van der Waals surface area contributed by atoms with Gasteiger partial charge < -0.3 is 0 Å². The van der Waals surface area contributed by atoms with Crippen molar-refractivity contribution < 1.29 is 0 Å². The van der Waals surface area contributed by atoms with E-state index in [1.807, 2.05) is 0 Å². The van der Waals surface area contributed by atoms with Gasteiger partial charge in [0.2, 0.25) is 0 Å². The van der Waals surface area contributed by atoms with Gasteiger partial charge in [-0.15, -0.1) is 0 Å². The van der Waals surface area contributed by atoms with E-state index in [1.165, 1.54) is 122 Å². The number of benzene rings is 8. The zero-order valence-electron chi connectivity index (χ0n) is 41.7. The first-order valence-electron chi connectivity index (χ1n) is 22.3. The summed E-state index contributed by atoms with van der Waals surface area (Å²) in [5.41, 5.74) is 24.9. The first-order chi connectivity index (χ1) is 29.2. The minimum Gasteiger partial charge on any atom is -0.0617 e. The van der Waals surface area contributed by atoms with E-state index in [0.717, 1.165) is 0 Å². The summed E-state index contributed by atoms with van der Waals surface area (Å²) in [5.74, 6) is 0. The molecule has 0 aliphatic heterocycles. The predicted octanol–water partition coefficient (Wildman–Crippen LogP) is 18.0. The Morgan fingerprint density at radius 1 is 0.177 bits per heavy atom. The molecule has 0 spiro atoms. The molecule has 0 aliphatic rings. The Kier molecular flexibility index (Phi) is 19.6. The predicted molar refractivity (Wildman–Crippen MR) is 279 cm³/mol. The lowest BCUT2D eigenvalue weighted by atomic mass is 9.96. The van der Waals surface area contributed by atoms with Crippen molar-refractivity contribution in [2.75, 3.05) is 0 Å². The molecule has 0 radical (unpaired) electrons. The summed E-state index contributed by atoms with van der Waals surface area (Å²) < 4.78 is 0. The summed E-state index contributed by atoms with van der Waals surface area (Å²) in [7, 11) is 0. The van der Waals surface area contributed by atoms with E-state index in [0.29, 0.717) is 0 Å². The third-order valence-electron chi connectivity index (χ3n) is 12.7. The number of hydrogen-bond donors (Lipinski definition) is 0. The minimum absolute atomic E-state index is 1.33. The SMILES string of the molecule is Cc1cc(C)c(C)c(C)c1C.Cc1ccc(C)c(C)c1.Cc1ccc(C)cc1.Cc1ccc2c(C)cccc2c1C.Cc1cccc(C)c1C.Cc1cccc2c(C)cccc12. The van der Waals surface area contributed by atoms with Crippen LogP contribution < -0.4 is 0 Å². The van der Waals surface area contributed by atoms with Crippen molar-refractivity contribution in [3.05, 3.63) is 234 Å². The first kappa shape index (κ1) is 50.6. The molecule has 0 amide bonds. The van der Waals surface area contributed by atoms with Crippen LogP contribution in [0, 0.1) is 125 Å². The van der Waals surface area contributed by atoms with Gasteiger partial charge in [-0.3, -0.25) is 0 Å². The molecule has 0 N–H and O–H groups in total. The van der Waals surface area contributed by atoms with Crippen molar-refractivity contribution in [2.24, 2.45) is 0 Å². The number of aryl methyl sites for hydroxylation is 14. The normalized spacial score (nSPS) is 10.1. The highest BCUT2D eigenvalue weighted by molar-refractivity contribution is 5.89. The summed E-state index contributed by atoms with van der Waals surface area (Å²) >= 11 is 0. The van der Waals surface area contributed by atoms with E-state index in [1.54, 1.807) is 0 Å². The zero-order valence-corrected chi connectivity index (χ0v) is 41.7. The molecule has 0 heteroatoms. The maximum absolute atomic E-state index is 2.26. The van der Waals surface area contributed by atoms with Crippen LogP contribution in [0.25, 0.3) is 21.5 Å². The van der Waals surface area contributed by atoms with Gasteiger partial charge >= 0.3 is 0 Å². The fourth-order valence-electron chi connectivity index (χ4n) is 7.24. The number of hydrogen-bond acceptors (Lipinski definition) is 0. The third-order valence-corrected chi connectivity index (χ3v) is 12.7. The van der Waals surface area contributed by atoms with E-state index >= 15 is 0 Å². The summed E-state index contributed by atoms with van der Waals surface area (Å²) in [6.45, 7) is 38.8. The lowest BCUT2D eigenvalue weighted by Gasteiger charge is -2.10. The van der Waals surface area contributed by atoms with Crippen molar-refractivity contribution in [3.63, 3.8) is 0 Å². The second-order valence-electron chi connectivity index (χ2n) is 17.6. The summed E-state index contributed by atoms with van der Waals surface area (Å²) in [4.78, 5) is 0. The molecule has 0 fully saturated rings. The molecular formula is C62H76. The second-order valence-corrected chi connectivity index (χ2v) is 17.6. The molecule has 0 aliphatic carbocycles. The van der Waals surface area contributed by atoms with Gasteiger partial charge in [0.1, 0.15) is 0 Å². The van der Waals surface area contributed by atoms with Crippen molar-refractivity contribution in [1.82, 2.24) is 0 Å². The molecule has 8 aromatic rings. The van der Waals surface area contributed by atoms with Crippen LogP contribution >= 0.6 is 0 Å². The molecule has 0 heterocycles. The van der Waals surface area contributed by atoms with Crippen LogP contribution in [-0.2, 0) is 0 Å². The van der Waals surface area contributed by atoms with E-state index < -0.39 is 0 Å². The molecule has 0 saturated heterocycles. The lowest BCUT2D eigenvalue weighted by molar-refractivity contribution is 1.18. The Morgan fingerprint density at radius 3 is 0.919 bits per heavy atom. The van der Waals surface area contributed by atoms with Crippen LogP contribution in [0.3, 0.4) is 0 Å². The van der Waals surface area contributed by atoms with Crippen LogP contribution in [0.15, 0.2) is 133 Å². The van der Waals surface area contributed by atoms with E-state index in [4.69, 9.17) is 0 Å². The molecular weight excluding hydrogens is 745 g/mol. The monoisotopic (exact) mass is 821 g/mol. The average Bonchev–Trinajstić information content (AvgIpc) is 3.24. The Labute approximate surface area is 378 Å². The molecule has 0 saturated carbocycles. The minimum atomic E-state index is 1.33. The van der Waals surface area contributed by atoms with Gasteiger partial charge in [-0.2, -0.15) is 0 Å². The van der Waals surface area contributed by atoms with Gasteiger partial charge in [-0.25, -0.2) is 0 Å². The molecule has 324 valence electrons. The molecule has 0 atom stereocenters. The second kappa shape index (κ2) is 24.1. The quantitative estimate of drug-likeness (QED) is 0.143. The highest BCUT2D eigenvalue weighted by atomic mass is 14.1. The molecule has 8 aromatic carbocycles. The molecule has 0 aromatic heterocycles. The number of rotatable bonds is 0. The Hall–Kier alpha value is -5.72. The molecule has 62 heavy (non-hydrogen) atoms. The van der Waals surface area contributed by atoms with Gasteiger partial charge in [0, 0.05) is 0 Å². The smallest absolute Gasteiger partial charge is 0.0149 e. The zero-order chi connectivity index (χ0) is 46.3. The van der Waals surface area contributed by atoms with Crippen LogP contribution in [0.4, 0.5) is 0 Å². The van der Waals surface area contributed by atoms with Gasteiger partial charge in [0.25, 0.3) is 0 Å². The fraction of sp³-hybridized carbons (Fsp3) is 0.290. The van der Waals surface area contributed by atoms with Gasteiger partial charge in [0.15, 0.2) is 0 Å². The van der Waals surface area contributed by atoms with Crippen molar-refractivity contribution in [3.8, 4) is 0 Å². The topological polar surface area (TPSA) is 0 Å². The van der Waals surface area contributed by atoms with E-state index in [9.17, 15) is 0 Å². The maximum atomic E-state index is 2.26. The highest BCUT2D eigenvalue weighted by Crippen LogP contribution is 2.24. The summed E-state index contributed by atoms with van der Waals surface area (Å²) in [6, 6.07) is 47.4. The van der Waals surface area contributed by atoms with Crippen molar-refractivity contribution in [1.29, 1.82) is 0 Å². The first-order valence-corrected chi connectivity index (χ1v) is 22.3. The Morgan fingerprint density at radius 2 is 0.516 bits per heavy atom. The molecule has 8 rings (SSSR count). The molecule has 0 unspecified atom stereocenters. The molecule has 0 bridgehead atoms. The Balaban J connectivity index is 0.000000200. The lowest BCUT2D eigenvalue weighted by Crippen LogP contribution is -1.93. The van der Waals surface area contributed by atoms with Crippen LogP contribution in [-0.4, -0.2) is 0 Å². The van der Waals surface area contributed by atoms with Crippen LogP contribution in [0.5, 0.6) is 0 Å². The number of fused-ring (bicyclic) bond motifs is 2. The van der Waals surface area contributed by atoms with E-state index in [2.05, 4.69) is 258 Å². The summed E-state index contributed by atoms with van der Waals surface area (Å²) in [6.07, 6.45) is 0. The third kappa shape index (κ3) is 14.7. The van der Waals surface area contributed by atoms with Crippen molar-refractivity contribution >= 4 is 21.5 Å². The maximum Gasteiger partial charge on any atom is -0.0149 e. The van der Waals surface area contributed by atoms with Crippen LogP contribution in [0.2, 0.25) is 0 Å². The van der Waals surface area contributed by atoms with Crippen molar-refractivity contribution in [2.45, 2.75) is 125 Å². The van der Waals surface area contributed by atoms with Gasteiger partial charge in [0.05, 0.1) is 0 Å². The fourth-order valence-corrected chi connectivity index (χ4v) is 7.24. The van der Waals surface area contributed by atoms with Gasteiger partial charge in [-0.05, 0) is 230 Å². The van der Waals surface area contributed by atoms with Gasteiger partial charge in [-0.1, -0.05) is 150 Å².